The lowest BCUT2D eigenvalue weighted by atomic mass is 9.87. The molecule has 31 heavy (non-hydrogen) atoms. The number of anilines is 1. The van der Waals surface area contributed by atoms with Crippen molar-refractivity contribution >= 4 is 34.2 Å². The highest BCUT2D eigenvalue weighted by molar-refractivity contribution is 6.30. The number of carbonyl (C=O) groups is 1. The Bertz CT molecular complexity index is 1250. The number of halogens is 1. The minimum Gasteiger partial charge on any atom is -0.324 e. The van der Waals surface area contributed by atoms with E-state index in [4.69, 9.17) is 16.6 Å². The second-order valence-electron chi connectivity index (χ2n) is 8.85. The van der Waals surface area contributed by atoms with Crippen LogP contribution >= 0.6 is 11.6 Å². The molecule has 0 fully saturated rings. The lowest BCUT2D eigenvalue weighted by molar-refractivity contribution is -0.116. The molecule has 3 aromatic carbocycles. The highest BCUT2D eigenvalue weighted by atomic mass is 35.5. The van der Waals surface area contributed by atoms with Crippen molar-refractivity contribution in [3.05, 3.63) is 82.9 Å². The van der Waals surface area contributed by atoms with Gasteiger partial charge in [0.05, 0.1) is 11.0 Å². The second-order valence-corrected chi connectivity index (χ2v) is 9.28. The lowest BCUT2D eigenvalue weighted by Gasteiger charge is -2.19. The van der Waals surface area contributed by atoms with E-state index >= 15 is 0 Å². The lowest BCUT2D eigenvalue weighted by Crippen LogP contribution is -2.20. The molecule has 4 nitrogen and oxygen atoms in total. The summed E-state index contributed by atoms with van der Waals surface area (Å²) in [6, 6.07) is 21.8. The van der Waals surface area contributed by atoms with Crippen molar-refractivity contribution < 1.29 is 4.79 Å². The highest BCUT2D eigenvalue weighted by Gasteiger charge is 2.18. The summed E-state index contributed by atoms with van der Waals surface area (Å²) in [6.45, 7) is 8.68. The number of hydrogen-bond acceptors (Lipinski definition) is 2. The van der Waals surface area contributed by atoms with E-state index in [1.165, 1.54) is 5.56 Å². The number of fused-ring (bicyclic) bond motifs is 1. The number of aryl methyl sites for hydroxylation is 1. The molecule has 158 valence electrons. The van der Waals surface area contributed by atoms with Gasteiger partial charge in [0, 0.05) is 16.3 Å². The predicted molar refractivity (Wildman–Crippen MR) is 129 cm³/mol. The number of nitrogens with zero attached hydrogens (tertiary/aromatic N) is 2. The van der Waals surface area contributed by atoms with Crippen LogP contribution in [0, 0.1) is 6.92 Å². The van der Waals surface area contributed by atoms with Crippen molar-refractivity contribution in [1.29, 1.82) is 0 Å². The van der Waals surface area contributed by atoms with Gasteiger partial charge in [-0.2, -0.15) is 0 Å². The Hall–Kier alpha value is -3.11. The van der Waals surface area contributed by atoms with Crippen LogP contribution in [0.25, 0.3) is 22.4 Å². The van der Waals surface area contributed by atoms with Gasteiger partial charge < -0.3 is 9.88 Å². The Morgan fingerprint density at radius 2 is 1.74 bits per heavy atom. The number of rotatable bonds is 4. The molecule has 0 saturated carbocycles. The van der Waals surface area contributed by atoms with E-state index in [1.54, 1.807) is 6.07 Å². The van der Waals surface area contributed by atoms with Gasteiger partial charge in [0.25, 0.3) is 0 Å². The summed E-state index contributed by atoms with van der Waals surface area (Å²) in [4.78, 5) is 17.8. The van der Waals surface area contributed by atoms with Crippen LogP contribution in [-0.4, -0.2) is 15.5 Å². The summed E-state index contributed by atoms with van der Waals surface area (Å²) >= 11 is 6.04. The molecule has 1 aromatic heterocycles. The third kappa shape index (κ3) is 4.49. The van der Waals surface area contributed by atoms with Crippen LogP contribution in [-0.2, 0) is 16.8 Å². The first-order valence-corrected chi connectivity index (χ1v) is 10.7. The summed E-state index contributed by atoms with van der Waals surface area (Å²) in [5.74, 6) is 0.672. The van der Waals surface area contributed by atoms with Crippen molar-refractivity contribution in [2.75, 3.05) is 5.32 Å². The highest BCUT2D eigenvalue weighted by Crippen LogP contribution is 2.28. The smallest absolute Gasteiger partial charge is 0.244 e. The molecule has 1 N–H and O–H groups in total. The van der Waals surface area contributed by atoms with Gasteiger partial charge in [0.1, 0.15) is 12.4 Å². The van der Waals surface area contributed by atoms with Gasteiger partial charge in [-0.15, -0.1) is 0 Å². The van der Waals surface area contributed by atoms with E-state index in [2.05, 4.69) is 50.4 Å². The van der Waals surface area contributed by atoms with Gasteiger partial charge in [0.15, 0.2) is 0 Å². The maximum Gasteiger partial charge on any atom is 0.244 e. The van der Waals surface area contributed by atoms with E-state index in [9.17, 15) is 4.79 Å². The van der Waals surface area contributed by atoms with Crippen molar-refractivity contribution in [3.63, 3.8) is 0 Å². The average Bonchev–Trinajstić information content (AvgIpc) is 3.08. The SMILES string of the molecule is Cc1cc(Cl)ccc1NC(=O)Cn1c(-c2ccc(C(C)(C)C)cc2)nc2ccccc21. The number of benzene rings is 3. The van der Waals surface area contributed by atoms with Crippen LogP contribution in [0.3, 0.4) is 0 Å². The van der Waals surface area contributed by atoms with Crippen LogP contribution in [0.4, 0.5) is 5.69 Å². The predicted octanol–water partition coefficient (Wildman–Crippen LogP) is 6.60. The molecule has 5 heteroatoms. The van der Waals surface area contributed by atoms with Crippen LogP contribution in [0.1, 0.15) is 31.9 Å². The standard InChI is InChI=1S/C26H26ClN3O/c1-17-15-20(27)13-14-21(17)28-24(31)16-30-23-8-6-5-7-22(23)29-25(30)18-9-11-19(12-10-18)26(2,3)4/h5-15H,16H2,1-4H3,(H,28,31). The Morgan fingerprint density at radius 3 is 2.42 bits per heavy atom. The average molecular weight is 432 g/mol. The van der Waals surface area contributed by atoms with E-state index in [1.807, 2.05) is 47.9 Å². The molecule has 0 aliphatic heterocycles. The Kier molecular flexibility index (Phi) is 5.59. The number of imidazole rings is 1. The molecule has 0 atom stereocenters. The molecular weight excluding hydrogens is 406 g/mol. The fourth-order valence-corrected chi connectivity index (χ4v) is 3.90. The maximum atomic E-state index is 12.9. The molecular formula is C26H26ClN3O. The number of hydrogen-bond donors (Lipinski definition) is 1. The maximum absolute atomic E-state index is 12.9. The fraction of sp³-hybridized carbons (Fsp3) is 0.231. The summed E-state index contributed by atoms with van der Waals surface area (Å²) in [5.41, 5.74) is 5.81. The fourth-order valence-electron chi connectivity index (χ4n) is 3.68. The van der Waals surface area contributed by atoms with Crippen LogP contribution in [0.5, 0.6) is 0 Å². The van der Waals surface area contributed by atoms with Gasteiger partial charge in [-0.25, -0.2) is 4.98 Å². The Morgan fingerprint density at radius 1 is 1.03 bits per heavy atom. The molecule has 0 aliphatic carbocycles. The zero-order valence-electron chi connectivity index (χ0n) is 18.2. The topological polar surface area (TPSA) is 46.9 Å². The van der Waals surface area contributed by atoms with E-state index in [0.717, 1.165) is 33.7 Å². The first-order valence-electron chi connectivity index (χ1n) is 10.3. The first-order chi connectivity index (χ1) is 14.7. The van der Waals surface area contributed by atoms with Crippen molar-refractivity contribution in [2.45, 2.75) is 39.7 Å². The minimum atomic E-state index is -0.110. The number of aromatic nitrogens is 2. The van der Waals surface area contributed by atoms with Crippen LogP contribution in [0.2, 0.25) is 5.02 Å². The van der Waals surface area contributed by atoms with Gasteiger partial charge in [0.2, 0.25) is 5.91 Å². The van der Waals surface area contributed by atoms with Crippen molar-refractivity contribution in [2.24, 2.45) is 0 Å². The molecule has 0 radical (unpaired) electrons. The second kappa shape index (κ2) is 8.20. The third-order valence-electron chi connectivity index (χ3n) is 5.43. The number of carbonyl (C=O) groups excluding carboxylic acids is 1. The zero-order chi connectivity index (χ0) is 22.2. The molecule has 0 aliphatic rings. The van der Waals surface area contributed by atoms with Gasteiger partial charge in [-0.3, -0.25) is 4.79 Å². The molecule has 1 amide bonds. The molecule has 1 heterocycles. The van der Waals surface area contributed by atoms with Crippen molar-refractivity contribution in [3.8, 4) is 11.4 Å². The van der Waals surface area contributed by atoms with Crippen LogP contribution < -0.4 is 5.32 Å². The molecule has 0 saturated heterocycles. The molecule has 0 unspecified atom stereocenters. The summed E-state index contributed by atoms with van der Waals surface area (Å²) < 4.78 is 1.97. The van der Waals surface area contributed by atoms with Gasteiger partial charge in [-0.05, 0) is 53.8 Å². The van der Waals surface area contributed by atoms with Gasteiger partial charge in [-0.1, -0.05) is 68.8 Å². The monoisotopic (exact) mass is 431 g/mol. The Labute approximate surface area is 187 Å². The number of nitrogens with one attached hydrogen (secondary N) is 1. The van der Waals surface area contributed by atoms with E-state index < -0.39 is 0 Å². The van der Waals surface area contributed by atoms with Gasteiger partial charge >= 0.3 is 0 Å². The summed E-state index contributed by atoms with van der Waals surface area (Å²) in [5, 5.41) is 3.65. The Balaban J connectivity index is 1.69. The van der Waals surface area contributed by atoms with Crippen LogP contribution in [0.15, 0.2) is 66.7 Å². The minimum absolute atomic E-state index is 0.0784. The molecule has 4 rings (SSSR count). The zero-order valence-corrected chi connectivity index (χ0v) is 19.0. The first kappa shape index (κ1) is 21.1. The third-order valence-corrected chi connectivity index (χ3v) is 5.66. The summed E-state index contributed by atoms with van der Waals surface area (Å²) in [6.07, 6.45) is 0. The summed E-state index contributed by atoms with van der Waals surface area (Å²) in [7, 11) is 0. The quantitative estimate of drug-likeness (QED) is 0.395. The number of amides is 1. The molecule has 0 bridgehead atoms. The normalized spacial score (nSPS) is 11.6. The van der Waals surface area contributed by atoms with E-state index in [-0.39, 0.29) is 17.9 Å². The molecule has 0 spiro atoms. The molecule has 4 aromatic rings. The van der Waals surface area contributed by atoms with Crippen molar-refractivity contribution in [1.82, 2.24) is 9.55 Å². The largest absolute Gasteiger partial charge is 0.324 e. The van der Waals surface area contributed by atoms with E-state index in [0.29, 0.717) is 5.02 Å². The number of para-hydroxylation sites is 2.